The van der Waals surface area contributed by atoms with Crippen LogP contribution in [0.1, 0.15) is 44.6 Å². The Morgan fingerprint density at radius 3 is 2.47 bits per heavy atom. The number of unbranched alkanes of at least 4 members (excludes halogenated alkanes) is 1. The lowest BCUT2D eigenvalue weighted by molar-refractivity contribution is -0.0277. The predicted molar refractivity (Wildman–Crippen MR) is 121 cm³/mol. The van der Waals surface area contributed by atoms with E-state index in [0.29, 0.717) is 6.54 Å². The minimum Gasteiger partial charge on any atom is -0.494 e. The van der Waals surface area contributed by atoms with Crippen LogP contribution in [0, 0.1) is 5.82 Å². The second kappa shape index (κ2) is 10.8. The van der Waals surface area contributed by atoms with E-state index >= 15 is 0 Å². The third-order valence-electron chi connectivity index (χ3n) is 6.10. The first-order chi connectivity index (χ1) is 14.5. The van der Waals surface area contributed by atoms with Gasteiger partial charge in [-0.1, -0.05) is 31.5 Å². The minimum atomic E-state index is -0.650. The van der Waals surface area contributed by atoms with Crippen molar-refractivity contribution in [2.24, 2.45) is 0 Å². The summed E-state index contributed by atoms with van der Waals surface area (Å²) in [5.74, 6) is 0.753. The molecular weight excluding hydrogens is 379 g/mol. The SMILES string of the molecule is CCCCOc1ccc(N(C)CCC2(O)CCN(Cc3ccccc3F)CC2)cc1. The van der Waals surface area contributed by atoms with Crippen LogP contribution in [0.3, 0.4) is 0 Å². The molecule has 0 bridgehead atoms. The number of anilines is 1. The van der Waals surface area contributed by atoms with Crippen LogP contribution >= 0.6 is 0 Å². The molecule has 0 aromatic heterocycles. The quantitative estimate of drug-likeness (QED) is 0.564. The largest absolute Gasteiger partial charge is 0.494 e. The highest BCUT2D eigenvalue weighted by Crippen LogP contribution is 2.28. The number of hydrogen-bond donors (Lipinski definition) is 1. The van der Waals surface area contributed by atoms with Crippen molar-refractivity contribution in [3.05, 3.63) is 59.9 Å². The Labute approximate surface area is 180 Å². The van der Waals surface area contributed by atoms with Crippen molar-refractivity contribution >= 4 is 5.69 Å². The Bertz CT molecular complexity index is 773. The van der Waals surface area contributed by atoms with Crippen LogP contribution in [-0.2, 0) is 6.54 Å². The monoisotopic (exact) mass is 414 g/mol. The smallest absolute Gasteiger partial charge is 0.127 e. The molecule has 1 aliphatic heterocycles. The van der Waals surface area contributed by atoms with E-state index in [0.717, 1.165) is 75.3 Å². The zero-order valence-electron chi connectivity index (χ0n) is 18.3. The third kappa shape index (κ3) is 6.44. The summed E-state index contributed by atoms with van der Waals surface area (Å²) >= 11 is 0. The number of aliphatic hydroxyl groups is 1. The van der Waals surface area contributed by atoms with Crippen molar-refractivity contribution in [1.82, 2.24) is 4.90 Å². The highest BCUT2D eigenvalue weighted by molar-refractivity contribution is 5.48. The fourth-order valence-electron chi connectivity index (χ4n) is 3.88. The first-order valence-corrected chi connectivity index (χ1v) is 11.1. The average Bonchev–Trinajstić information content (AvgIpc) is 2.76. The van der Waals surface area contributed by atoms with Crippen molar-refractivity contribution in [2.45, 2.75) is 51.2 Å². The van der Waals surface area contributed by atoms with Crippen LogP contribution < -0.4 is 9.64 Å². The van der Waals surface area contributed by atoms with Crippen molar-refractivity contribution in [3.8, 4) is 5.75 Å². The molecule has 1 aliphatic rings. The predicted octanol–water partition coefficient (Wildman–Crippen LogP) is 4.86. The molecule has 0 aliphatic carbocycles. The van der Waals surface area contributed by atoms with Gasteiger partial charge in [-0.15, -0.1) is 0 Å². The van der Waals surface area contributed by atoms with Gasteiger partial charge in [0.2, 0.25) is 0 Å². The zero-order chi connectivity index (χ0) is 21.4. The number of nitrogens with zero attached hydrogens (tertiary/aromatic N) is 2. The number of ether oxygens (including phenoxy) is 1. The van der Waals surface area contributed by atoms with E-state index in [9.17, 15) is 9.50 Å². The molecule has 0 radical (unpaired) electrons. The summed E-state index contributed by atoms with van der Waals surface area (Å²) in [4.78, 5) is 4.41. The summed E-state index contributed by atoms with van der Waals surface area (Å²) in [7, 11) is 2.06. The minimum absolute atomic E-state index is 0.151. The molecule has 1 N–H and O–H groups in total. The van der Waals surface area contributed by atoms with Gasteiger partial charge < -0.3 is 14.7 Å². The number of piperidine rings is 1. The highest BCUT2D eigenvalue weighted by atomic mass is 19.1. The number of benzene rings is 2. The van der Waals surface area contributed by atoms with Gasteiger partial charge in [-0.25, -0.2) is 4.39 Å². The van der Waals surface area contributed by atoms with Gasteiger partial charge in [-0.3, -0.25) is 4.90 Å². The standard InChI is InChI=1S/C25H35FN2O2/c1-3-4-19-30-23-11-9-22(10-12-23)27(2)16-13-25(29)14-17-28(18-15-25)20-21-7-5-6-8-24(21)26/h5-12,29H,3-4,13-20H2,1-2H3. The van der Waals surface area contributed by atoms with Crippen LogP contribution in [0.4, 0.5) is 10.1 Å². The highest BCUT2D eigenvalue weighted by Gasteiger charge is 2.32. The summed E-state index contributed by atoms with van der Waals surface area (Å²) < 4.78 is 19.6. The summed E-state index contributed by atoms with van der Waals surface area (Å²) in [5.41, 5.74) is 1.20. The van der Waals surface area contributed by atoms with Gasteiger partial charge >= 0.3 is 0 Å². The molecule has 1 fully saturated rings. The normalized spacial score (nSPS) is 16.4. The molecule has 5 heteroatoms. The maximum Gasteiger partial charge on any atom is 0.127 e. The maximum absolute atomic E-state index is 13.9. The van der Waals surface area contributed by atoms with Gasteiger partial charge in [0.05, 0.1) is 12.2 Å². The Kier molecular flexibility index (Phi) is 8.11. The van der Waals surface area contributed by atoms with Crippen LogP contribution in [0.25, 0.3) is 0 Å². The molecule has 0 spiro atoms. The summed E-state index contributed by atoms with van der Waals surface area (Å²) in [6.07, 6.45) is 4.37. The summed E-state index contributed by atoms with van der Waals surface area (Å²) in [5, 5.41) is 11.0. The number of halogens is 1. The van der Waals surface area contributed by atoms with Crippen molar-refractivity contribution in [3.63, 3.8) is 0 Å². The Hall–Kier alpha value is -2.11. The van der Waals surface area contributed by atoms with Gasteiger partial charge in [0, 0.05) is 44.5 Å². The first kappa shape index (κ1) is 22.6. The van der Waals surface area contributed by atoms with Crippen LogP contribution in [-0.4, -0.2) is 48.9 Å². The molecule has 164 valence electrons. The molecule has 1 heterocycles. The van der Waals surface area contributed by atoms with Crippen molar-refractivity contribution in [1.29, 1.82) is 0 Å². The molecule has 1 saturated heterocycles. The third-order valence-corrected chi connectivity index (χ3v) is 6.10. The Balaban J connectivity index is 1.43. The molecule has 0 saturated carbocycles. The van der Waals surface area contributed by atoms with Crippen molar-refractivity contribution in [2.75, 3.05) is 38.2 Å². The van der Waals surface area contributed by atoms with E-state index < -0.39 is 5.60 Å². The number of likely N-dealkylation sites (tertiary alicyclic amines) is 1. The molecule has 0 unspecified atom stereocenters. The first-order valence-electron chi connectivity index (χ1n) is 11.1. The molecular formula is C25H35FN2O2. The molecule has 0 atom stereocenters. The Morgan fingerprint density at radius 2 is 1.80 bits per heavy atom. The number of hydrogen-bond acceptors (Lipinski definition) is 4. The van der Waals surface area contributed by atoms with Gasteiger partial charge in [0.25, 0.3) is 0 Å². The molecule has 2 aromatic rings. The lowest BCUT2D eigenvalue weighted by Gasteiger charge is -2.39. The molecule has 0 amide bonds. The fourth-order valence-corrected chi connectivity index (χ4v) is 3.88. The van der Waals surface area contributed by atoms with E-state index in [1.165, 1.54) is 6.07 Å². The van der Waals surface area contributed by atoms with E-state index in [1.807, 2.05) is 24.3 Å². The van der Waals surface area contributed by atoms with Gasteiger partial charge in [-0.2, -0.15) is 0 Å². The lowest BCUT2D eigenvalue weighted by Crippen LogP contribution is -2.45. The van der Waals surface area contributed by atoms with E-state index in [-0.39, 0.29) is 5.82 Å². The van der Waals surface area contributed by atoms with Gasteiger partial charge in [0.1, 0.15) is 11.6 Å². The molecule has 30 heavy (non-hydrogen) atoms. The van der Waals surface area contributed by atoms with E-state index in [2.05, 4.69) is 35.9 Å². The van der Waals surface area contributed by atoms with E-state index in [1.54, 1.807) is 6.07 Å². The van der Waals surface area contributed by atoms with Crippen LogP contribution in [0.5, 0.6) is 5.75 Å². The van der Waals surface area contributed by atoms with Gasteiger partial charge in [-0.05, 0) is 56.0 Å². The zero-order valence-corrected chi connectivity index (χ0v) is 18.3. The lowest BCUT2D eigenvalue weighted by atomic mass is 9.88. The van der Waals surface area contributed by atoms with Crippen LogP contribution in [0.15, 0.2) is 48.5 Å². The summed E-state index contributed by atoms with van der Waals surface area (Å²) in [6, 6.07) is 15.1. The van der Waals surface area contributed by atoms with Gasteiger partial charge in [0.15, 0.2) is 0 Å². The van der Waals surface area contributed by atoms with Crippen LogP contribution in [0.2, 0.25) is 0 Å². The average molecular weight is 415 g/mol. The number of rotatable bonds is 10. The maximum atomic E-state index is 13.9. The van der Waals surface area contributed by atoms with E-state index in [4.69, 9.17) is 4.74 Å². The fraction of sp³-hybridized carbons (Fsp3) is 0.520. The molecule has 2 aromatic carbocycles. The molecule has 4 nitrogen and oxygen atoms in total. The molecule has 3 rings (SSSR count). The Morgan fingerprint density at radius 1 is 1.10 bits per heavy atom. The topological polar surface area (TPSA) is 35.9 Å². The second-order valence-electron chi connectivity index (χ2n) is 8.46. The summed E-state index contributed by atoms with van der Waals surface area (Å²) in [6.45, 7) is 5.89. The second-order valence-corrected chi connectivity index (χ2v) is 8.46. The van der Waals surface area contributed by atoms with Crippen molar-refractivity contribution < 1.29 is 14.2 Å².